The molecule has 3 fully saturated rings. The monoisotopic (exact) mass is 282 g/mol. The average Bonchev–Trinajstić information content (AvgIpc) is 2.49. The summed E-state index contributed by atoms with van der Waals surface area (Å²) in [5, 5.41) is 6.93. The molecule has 0 aromatic rings. The Hall–Kier alpha value is -0.200. The summed E-state index contributed by atoms with van der Waals surface area (Å²) in [4.78, 5) is 5.29. The largest absolute Gasteiger partial charge is 0.371 e. The molecule has 116 valence electrons. The van der Waals surface area contributed by atoms with Gasteiger partial charge in [-0.1, -0.05) is 0 Å². The summed E-state index contributed by atoms with van der Waals surface area (Å²) < 4.78 is 6.01. The number of piperidine rings is 1. The fourth-order valence-corrected chi connectivity index (χ4v) is 3.75. The van der Waals surface area contributed by atoms with Gasteiger partial charge in [-0.3, -0.25) is 9.80 Å². The van der Waals surface area contributed by atoms with E-state index in [4.69, 9.17) is 4.74 Å². The molecule has 0 bridgehead atoms. The molecule has 3 aliphatic rings. The summed E-state index contributed by atoms with van der Waals surface area (Å²) in [6, 6.07) is 0.825. The molecule has 0 aromatic carbocycles. The molecule has 5 heteroatoms. The van der Waals surface area contributed by atoms with E-state index >= 15 is 0 Å². The van der Waals surface area contributed by atoms with Gasteiger partial charge in [0.1, 0.15) is 0 Å². The molecule has 20 heavy (non-hydrogen) atoms. The average molecular weight is 282 g/mol. The molecule has 3 heterocycles. The van der Waals surface area contributed by atoms with Crippen molar-refractivity contribution in [3.63, 3.8) is 0 Å². The maximum Gasteiger partial charge on any atom is 0.0830 e. The van der Waals surface area contributed by atoms with Gasteiger partial charge in [0.2, 0.25) is 0 Å². The first-order valence-electron chi connectivity index (χ1n) is 8.34. The van der Waals surface area contributed by atoms with Gasteiger partial charge in [-0.2, -0.15) is 0 Å². The fourth-order valence-electron chi connectivity index (χ4n) is 3.75. The third-order valence-corrected chi connectivity index (χ3v) is 4.92. The van der Waals surface area contributed by atoms with E-state index in [1.165, 1.54) is 52.1 Å². The summed E-state index contributed by atoms with van der Waals surface area (Å²) in [7, 11) is 0. The second kappa shape index (κ2) is 7.18. The fraction of sp³-hybridized carbons (Fsp3) is 1.00. The maximum atomic E-state index is 6.01. The van der Waals surface area contributed by atoms with E-state index in [1.807, 2.05) is 0 Å². The lowest BCUT2D eigenvalue weighted by molar-refractivity contribution is -0.0493. The lowest BCUT2D eigenvalue weighted by atomic mass is 10.0. The second-order valence-corrected chi connectivity index (χ2v) is 6.54. The van der Waals surface area contributed by atoms with Crippen LogP contribution in [0.4, 0.5) is 0 Å². The van der Waals surface area contributed by atoms with Crippen LogP contribution in [0.2, 0.25) is 0 Å². The Morgan fingerprint density at radius 3 is 2.45 bits per heavy atom. The molecule has 0 unspecified atom stereocenters. The molecule has 0 aromatic heterocycles. The second-order valence-electron chi connectivity index (χ2n) is 6.54. The zero-order valence-electron chi connectivity index (χ0n) is 12.8. The maximum absolute atomic E-state index is 6.01. The number of nitrogens with one attached hydrogen (secondary N) is 2. The number of hydrogen-bond donors (Lipinski definition) is 2. The topological polar surface area (TPSA) is 39.8 Å². The van der Waals surface area contributed by atoms with Crippen LogP contribution in [0.3, 0.4) is 0 Å². The van der Waals surface area contributed by atoms with Gasteiger partial charge in [0, 0.05) is 51.9 Å². The summed E-state index contributed by atoms with van der Waals surface area (Å²) in [5.74, 6) is 0. The van der Waals surface area contributed by atoms with Crippen molar-refractivity contribution < 1.29 is 4.74 Å². The molecule has 0 saturated carbocycles. The Labute approximate surface area is 123 Å². The highest BCUT2D eigenvalue weighted by molar-refractivity contribution is 4.84. The molecule has 0 spiro atoms. The summed E-state index contributed by atoms with van der Waals surface area (Å²) >= 11 is 0. The minimum absolute atomic E-state index is 0.366. The number of hydrogen-bond acceptors (Lipinski definition) is 5. The van der Waals surface area contributed by atoms with Crippen molar-refractivity contribution in [2.24, 2.45) is 0 Å². The normalized spacial score (nSPS) is 35.2. The van der Waals surface area contributed by atoms with E-state index in [0.29, 0.717) is 12.2 Å². The highest BCUT2D eigenvalue weighted by Gasteiger charge is 2.27. The molecule has 0 amide bonds. The van der Waals surface area contributed by atoms with Crippen LogP contribution in [-0.4, -0.2) is 87.0 Å². The van der Waals surface area contributed by atoms with E-state index in [2.05, 4.69) is 27.4 Å². The first-order valence-corrected chi connectivity index (χ1v) is 8.34. The Morgan fingerprint density at radius 1 is 1.00 bits per heavy atom. The lowest BCUT2D eigenvalue weighted by Gasteiger charge is -2.42. The van der Waals surface area contributed by atoms with E-state index in [1.54, 1.807) is 0 Å². The molecule has 2 atom stereocenters. The van der Waals surface area contributed by atoms with Crippen molar-refractivity contribution in [2.75, 3.05) is 58.9 Å². The third kappa shape index (κ3) is 3.92. The van der Waals surface area contributed by atoms with Crippen molar-refractivity contribution >= 4 is 0 Å². The molecule has 3 rings (SSSR count). The van der Waals surface area contributed by atoms with Crippen LogP contribution in [-0.2, 0) is 4.74 Å². The van der Waals surface area contributed by atoms with Crippen LogP contribution in [0.1, 0.15) is 19.8 Å². The summed E-state index contributed by atoms with van der Waals surface area (Å²) in [5.41, 5.74) is 0. The van der Waals surface area contributed by atoms with Crippen molar-refractivity contribution in [3.8, 4) is 0 Å². The number of morpholine rings is 1. The number of nitrogens with zero attached hydrogens (tertiary/aromatic N) is 2. The number of ether oxygens (including phenoxy) is 1. The zero-order valence-corrected chi connectivity index (χ0v) is 12.8. The zero-order chi connectivity index (χ0) is 13.8. The van der Waals surface area contributed by atoms with E-state index in [-0.39, 0.29) is 0 Å². The molecule has 5 nitrogen and oxygen atoms in total. The molecule has 3 aliphatic heterocycles. The van der Waals surface area contributed by atoms with Crippen LogP contribution < -0.4 is 10.6 Å². The highest BCUT2D eigenvalue weighted by atomic mass is 16.5. The molecule has 0 aliphatic carbocycles. The standard InChI is InChI=1S/C15H30N4O/c1-13-10-17-11-15(20-13)12-18-6-8-19(9-7-18)14-2-4-16-5-3-14/h13-17H,2-12H2,1H3/t13-,15+/m1/s1. The Kier molecular flexibility index (Phi) is 5.29. The number of piperazine rings is 1. The van der Waals surface area contributed by atoms with Gasteiger partial charge in [-0.25, -0.2) is 0 Å². The van der Waals surface area contributed by atoms with Gasteiger partial charge < -0.3 is 15.4 Å². The first-order chi connectivity index (χ1) is 9.81. The van der Waals surface area contributed by atoms with Gasteiger partial charge in [-0.05, 0) is 32.9 Å². The van der Waals surface area contributed by atoms with E-state index < -0.39 is 0 Å². The summed E-state index contributed by atoms with van der Waals surface area (Å²) in [6.45, 7) is 12.6. The molecule has 0 radical (unpaired) electrons. The van der Waals surface area contributed by atoms with Gasteiger partial charge in [0.05, 0.1) is 12.2 Å². The van der Waals surface area contributed by atoms with Crippen molar-refractivity contribution in [3.05, 3.63) is 0 Å². The Bertz CT molecular complexity index is 288. The SMILES string of the molecule is C[C@@H]1CNC[C@@H](CN2CCN(C3CCNCC3)CC2)O1. The predicted octanol–water partition coefficient (Wildman–Crippen LogP) is -0.267. The van der Waals surface area contributed by atoms with Crippen LogP contribution in [0, 0.1) is 0 Å². The smallest absolute Gasteiger partial charge is 0.0830 e. The molecular formula is C15H30N4O. The number of rotatable bonds is 3. The van der Waals surface area contributed by atoms with Gasteiger partial charge in [0.25, 0.3) is 0 Å². The van der Waals surface area contributed by atoms with Gasteiger partial charge in [-0.15, -0.1) is 0 Å². The quantitative estimate of drug-likeness (QED) is 0.746. The predicted molar refractivity (Wildman–Crippen MR) is 81.1 cm³/mol. The van der Waals surface area contributed by atoms with Gasteiger partial charge >= 0.3 is 0 Å². The molecule has 2 N–H and O–H groups in total. The van der Waals surface area contributed by atoms with Gasteiger partial charge in [0.15, 0.2) is 0 Å². The Morgan fingerprint density at radius 2 is 1.75 bits per heavy atom. The minimum Gasteiger partial charge on any atom is -0.371 e. The van der Waals surface area contributed by atoms with Crippen molar-refractivity contribution in [1.29, 1.82) is 0 Å². The van der Waals surface area contributed by atoms with Crippen LogP contribution >= 0.6 is 0 Å². The minimum atomic E-state index is 0.366. The highest BCUT2D eigenvalue weighted by Crippen LogP contribution is 2.15. The Balaban J connectivity index is 1.39. The molecular weight excluding hydrogens is 252 g/mol. The first kappa shape index (κ1) is 14.7. The lowest BCUT2D eigenvalue weighted by Crippen LogP contribution is -2.55. The van der Waals surface area contributed by atoms with Crippen LogP contribution in [0.5, 0.6) is 0 Å². The van der Waals surface area contributed by atoms with E-state index in [9.17, 15) is 0 Å². The van der Waals surface area contributed by atoms with Crippen LogP contribution in [0.25, 0.3) is 0 Å². The molecule has 3 saturated heterocycles. The van der Waals surface area contributed by atoms with Crippen molar-refractivity contribution in [1.82, 2.24) is 20.4 Å². The third-order valence-electron chi connectivity index (χ3n) is 4.92. The van der Waals surface area contributed by atoms with Crippen molar-refractivity contribution in [2.45, 2.75) is 38.0 Å². The van der Waals surface area contributed by atoms with Crippen LogP contribution in [0.15, 0.2) is 0 Å². The summed E-state index contributed by atoms with van der Waals surface area (Å²) in [6.07, 6.45) is 3.40. The van der Waals surface area contributed by atoms with E-state index in [0.717, 1.165) is 25.7 Å².